The van der Waals surface area contributed by atoms with E-state index in [0.717, 1.165) is 35.4 Å². The van der Waals surface area contributed by atoms with Gasteiger partial charge in [-0.3, -0.25) is 4.79 Å². The molecule has 1 saturated carbocycles. The number of anilines is 1. The van der Waals surface area contributed by atoms with Crippen LogP contribution in [0.2, 0.25) is 0 Å². The van der Waals surface area contributed by atoms with Crippen LogP contribution in [-0.2, 0) is 0 Å². The summed E-state index contributed by atoms with van der Waals surface area (Å²) in [5, 5.41) is 3.53. The minimum Gasteiger partial charge on any atom is -0.490 e. The van der Waals surface area contributed by atoms with Gasteiger partial charge in [0.2, 0.25) is 0 Å². The molecule has 122 valence electrons. The third-order valence-corrected chi connectivity index (χ3v) is 4.47. The molecule has 1 fully saturated rings. The fourth-order valence-corrected chi connectivity index (χ4v) is 3.14. The summed E-state index contributed by atoms with van der Waals surface area (Å²) in [6.45, 7) is 4.14. The smallest absolute Gasteiger partial charge is 0.258 e. The number of ether oxygens (including phenoxy) is 1. The molecule has 1 heterocycles. The number of amides is 1. The van der Waals surface area contributed by atoms with Gasteiger partial charge in [-0.1, -0.05) is 36.9 Å². The fourth-order valence-electron chi connectivity index (χ4n) is 3.14. The van der Waals surface area contributed by atoms with Gasteiger partial charge >= 0.3 is 0 Å². The van der Waals surface area contributed by atoms with Gasteiger partial charge in [-0.2, -0.15) is 0 Å². The second-order valence-electron chi connectivity index (χ2n) is 6.20. The molecule has 24 heavy (non-hydrogen) atoms. The molecule has 1 amide bonds. The number of benzene rings is 2. The van der Waals surface area contributed by atoms with Crippen molar-refractivity contribution in [2.75, 3.05) is 11.9 Å². The maximum Gasteiger partial charge on any atom is 0.258 e. The van der Waals surface area contributed by atoms with Gasteiger partial charge in [0, 0.05) is 11.7 Å². The van der Waals surface area contributed by atoms with E-state index in [-0.39, 0.29) is 12.1 Å². The van der Waals surface area contributed by atoms with Gasteiger partial charge in [-0.15, -0.1) is 0 Å². The molecule has 0 radical (unpaired) electrons. The van der Waals surface area contributed by atoms with Crippen LogP contribution in [0.25, 0.3) is 0 Å². The summed E-state index contributed by atoms with van der Waals surface area (Å²) in [5.74, 6) is 0.919. The first-order valence-electron chi connectivity index (χ1n) is 8.30. The number of carbonyl (C=O) groups is 1. The summed E-state index contributed by atoms with van der Waals surface area (Å²) in [6.07, 6.45) is 3.74. The average molecular weight is 320 g/mol. The summed E-state index contributed by atoms with van der Waals surface area (Å²) in [4.78, 5) is 14.9. The fraction of sp³-hybridized carbons (Fsp3) is 0.250. The van der Waals surface area contributed by atoms with Crippen LogP contribution in [0.15, 0.2) is 61.2 Å². The van der Waals surface area contributed by atoms with E-state index < -0.39 is 0 Å². The summed E-state index contributed by atoms with van der Waals surface area (Å²) in [5.41, 5.74) is 2.72. The van der Waals surface area contributed by atoms with Crippen LogP contribution in [0.5, 0.6) is 5.75 Å². The van der Waals surface area contributed by atoms with E-state index in [1.807, 2.05) is 53.4 Å². The zero-order valence-electron chi connectivity index (χ0n) is 13.4. The lowest BCUT2D eigenvalue weighted by Crippen LogP contribution is -2.44. The second kappa shape index (κ2) is 6.04. The lowest BCUT2D eigenvalue weighted by Gasteiger charge is -2.38. The number of nitrogens with zero attached hydrogens (tertiary/aromatic N) is 1. The lowest BCUT2D eigenvalue weighted by molar-refractivity contribution is 0.0666. The third-order valence-electron chi connectivity index (χ3n) is 4.47. The third kappa shape index (κ3) is 2.64. The van der Waals surface area contributed by atoms with Crippen molar-refractivity contribution in [2.24, 2.45) is 0 Å². The van der Waals surface area contributed by atoms with Crippen molar-refractivity contribution >= 4 is 11.6 Å². The van der Waals surface area contributed by atoms with Crippen LogP contribution >= 0.6 is 0 Å². The summed E-state index contributed by atoms with van der Waals surface area (Å²) < 4.78 is 5.54. The van der Waals surface area contributed by atoms with Gasteiger partial charge in [-0.05, 0) is 42.7 Å². The number of carbonyl (C=O) groups excluding carboxylic acids is 1. The molecule has 0 saturated heterocycles. The zero-order valence-corrected chi connectivity index (χ0v) is 13.4. The molecule has 0 spiro atoms. The monoisotopic (exact) mass is 320 g/mol. The van der Waals surface area contributed by atoms with Crippen LogP contribution in [-0.4, -0.2) is 23.5 Å². The van der Waals surface area contributed by atoms with Gasteiger partial charge in [0.25, 0.3) is 5.91 Å². The lowest BCUT2D eigenvalue weighted by atomic mass is 10.0. The van der Waals surface area contributed by atoms with Crippen LogP contribution in [0.4, 0.5) is 5.69 Å². The Bertz CT molecular complexity index is 765. The highest BCUT2D eigenvalue weighted by atomic mass is 16.5. The van der Waals surface area contributed by atoms with Crippen molar-refractivity contribution in [1.82, 2.24) is 4.90 Å². The average Bonchev–Trinajstić information content (AvgIpc) is 3.45. The predicted octanol–water partition coefficient (Wildman–Crippen LogP) is 3.98. The molecule has 1 atom stereocenters. The number of hydrogen-bond donors (Lipinski definition) is 1. The molecule has 2 aromatic carbocycles. The summed E-state index contributed by atoms with van der Waals surface area (Å²) >= 11 is 0. The van der Waals surface area contributed by atoms with Crippen LogP contribution < -0.4 is 10.1 Å². The molecule has 0 aromatic heterocycles. The Morgan fingerprint density at radius 3 is 2.62 bits per heavy atom. The Kier molecular flexibility index (Phi) is 3.73. The predicted molar refractivity (Wildman–Crippen MR) is 94.1 cm³/mol. The van der Waals surface area contributed by atoms with Gasteiger partial charge in [0.15, 0.2) is 0 Å². The van der Waals surface area contributed by atoms with Crippen LogP contribution in [0, 0.1) is 0 Å². The van der Waals surface area contributed by atoms with E-state index >= 15 is 0 Å². The molecule has 0 unspecified atom stereocenters. The quantitative estimate of drug-likeness (QED) is 0.847. The van der Waals surface area contributed by atoms with E-state index in [2.05, 4.69) is 11.9 Å². The minimum atomic E-state index is -0.131. The first-order chi connectivity index (χ1) is 11.8. The van der Waals surface area contributed by atoms with Gasteiger partial charge in [-0.25, -0.2) is 0 Å². The summed E-state index contributed by atoms with van der Waals surface area (Å²) in [6, 6.07) is 16.0. The molecule has 1 N–H and O–H groups in total. The standard InChI is InChI=1S/C20H20N2O2/c1-2-13-24-16-11-7-14(8-12-16)19-21-18-6-4-3-5-17(18)20(23)22(19)15-9-10-15/h2-8,11-12,15,19,21H,1,9-10,13H2/t19-/m1/s1. The van der Waals surface area contributed by atoms with E-state index in [1.54, 1.807) is 6.08 Å². The largest absolute Gasteiger partial charge is 0.490 e. The highest BCUT2D eigenvalue weighted by molar-refractivity contribution is 6.02. The molecular formula is C20H20N2O2. The molecule has 0 bridgehead atoms. The van der Waals surface area contributed by atoms with Crippen molar-refractivity contribution in [3.05, 3.63) is 72.3 Å². The van der Waals surface area contributed by atoms with Crippen molar-refractivity contribution < 1.29 is 9.53 Å². The molecule has 4 nitrogen and oxygen atoms in total. The minimum absolute atomic E-state index is 0.115. The second-order valence-corrected chi connectivity index (χ2v) is 6.20. The molecule has 1 aliphatic heterocycles. The highest BCUT2D eigenvalue weighted by Gasteiger charge is 2.41. The molecule has 2 aliphatic rings. The Labute approximate surface area is 141 Å². The van der Waals surface area contributed by atoms with Crippen molar-refractivity contribution in [2.45, 2.75) is 25.0 Å². The Morgan fingerprint density at radius 2 is 1.92 bits per heavy atom. The number of hydrogen-bond acceptors (Lipinski definition) is 3. The van der Waals surface area contributed by atoms with Crippen molar-refractivity contribution in [3.63, 3.8) is 0 Å². The topological polar surface area (TPSA) is 41.6 Å². The normalized spacial score (nSPS) is 19.4. The number of para-hydroxylation sites is 1. The summed E-state index contributed by atoms with van der Waals surface area (Å²) in [7, 11) is 0. The number of rotatable bonds is 5. The molecule has 2 aromatic rings. The maximum absolute atomic E-state index is 12.9. The Morgan fingerprint density at radius 1 is 1.17 bits per heavy atom. The Hall–Kier alpha value is -2.75. The molecule has 4 heteroatoms. The van der Waals surface area contributed by atoms with Crippen LogP contribution in [0.1, 0.15) is 34.9 Å². The Balaban J connectivity index is 1.65. The zero-order chi connectivity index (χ0) is 16.5. The SMILES string of the molecule is C=CCOc1ccc([C@@H]2Nc3ccccc3C(=O)N2C2CC2)cc1. The highest BCUT2D eigenvalue weighted by Crippen LogP contribution is 2.40. The van der Waals surface area contributed by atoms with Gasteiger partial charge in [0.1, 0.15) is 18.5 Å². The van der Waals surface area contributed by atoms with E-state index in [9.17, 15) is 4.79 Å². The molecule has 4 rings (SSSR count). The first kappa shape index (κ1) is 14.8. The van der Waals surface area contributed by atoms with Gasteiger partial charge < -0.3 is 15.0 Å². The molecular weight excluding hydrogens is 300 g/mol. The van der Waals surface area contributed by atoms with E-state index in [0.29, 0.717) is 12.6 Å². The van der Waals surface area contributed by atoms with Crippen LogP contribution in [0.3, 0.4) is 0 Å². The van der Waals surface area contributed by atoms with Crippen molar-refractivity contribution in [1.29, 1.82) is 0 Å². The van der Waals surface area contributed by atoms with Gasteiger partial charge in [0.05, 0.1) is 5.56 Å². The van der Waals surface area contributed by atoms with E-state index in [1.165, 1.54) is 0 Å². The first-order valence-corrected chi connectivity index (χ1v) is 8.30. The van der Waals surface area contributed by atoms with E-state index in [4.69, 9.17) is 4.74 Å². The van der Waals surface area contributed by atoms with Crippen molar-refractivity contribution in [3.8, 4) is 5.75 Å². The number of nitrogens with one attached hydrogen (secondary N) is 1. The molecule has 1 aliphatic carbocycles. The maximum atomic E-state index is 12.9. The number of fused-ring (bicyclic) bond motifs is 1.